The zero-order valence-corrected chi connectivity index (χ0v) is 32.7. The average molecular weight is 760 g/mol. The molecule has 0 bridgehead atoms. The third kappa shape index (κ3) is 5.48. The molecule has 1 aliphatic carbocycles. The van der Waals surface area contributed by atoms with Gasteiger partial charge in [-0.2, -0.15) is 0 Å². The number of hydrogen-bond donors (Lipinski definition) is 0. The highest BCUT2D eigenvalue weighted by Crippen LogP contribution is 2.63. The number of allylic oxidation sites excluding steroid dienone is 4. The molecule has 1 atom stereocenters. The molecule has 274 valence electrons. The van der Waals surface area contributed by atoms with Gasteiger partial charge >= 0.3 is 0 Å². The Morgan fingerprint density at radius 1 is 0.466 bits per heavy atom. The van der Waals surface area contributed by atoms with Gasteiger partial charge in [0.25, 0.3) is 0 Å². The lowest BCUT2D eigenvalue weighted by atomic mass is 9.67. The van der Waals surface area contributed by atoms with Crippen LogP contribution in [-0.2, 0) is 11.8 Å². The molecule has 3 nitrogen and oxygen atoms in total. The van der Waals surface area contributed by atoms with Gasteiger partial charge in [0.1, 0.15) is 5.82 Å². The molecular weight excluding hydrogens is 723 g/mol. The minimum atomic E-state index is -0.518. The topological polar surface area (TPSA) is 38.7 Å². The molecular formula is C54H37N3S. The summed E-state index contributed by atoms with van der Waals surface area (Å²) in [5.41, 5.74) is 11.5. The van der Waals surface area contributed by atoms with Gasteiger partial charge in [-0.1, -0.05) is 182 Å². The van der Waals surface area contributed by atoms with Crippen LogP contribution in [0.5, 0.6) is 0 Å². The Morgan fingerprint density at radius 2 is 1.10 bits per heavy atom. The highest BCUT2D eigenvalue weighted by Gasteiger charge is 2.50. The maximum atomic E-state index is 5.30. The molecule has 1 spiro atoms. The second kappa shape index (κ2) is 13.9. The van der Waals surface area contributed by atoms with Gasteiger partial charge in [-0.15, -0.1) is 0 Å². The maximum Gasteiger partial charge on any atom is 0.164 e. The van der Waals surface area contributed by atoms with E-state index in [1.807, 2.05) is 30.8 Å². The lowest BCUT2D eigenvalue weighted by molar-refractivity contribution is 0.723. The van der Waals surface area contributed by atoms with Crippen molar-refractivity contribution in [3.63, 3.8) is 0 Å². The van der Waals surface area contributed by atoms with Crippen molar-refractivity contribution in [3.05, 3.63) is 222 Å². The normalized spacial score (nSPS) is 15.3. The molecule has 4 heteroatoms. The third-order valence-electron chi connectivity index (χ3n) is 11.7. The molecule has 2 heterocycles. The van der Waals surface area contributed by atoms with Crippen LogP contribution in [0, 0.1) is 0 Å². The molecule has 2 aliphatic rings. The van der Waals surface area contributed by atoms with Gasteiger partial charge in [0.2, 0.25) is 0 Å². The van der Waals surface area contributed by atoms with Crippen LogP contribution >= 0.6 is 11.8 Å². The number of benzene rings is 8. The van der Waals surface area contributed by atoms with E-state index in [-0.39, 0.29) is 0 Å². The predicted molar refractivity (Wildman–Crippen MR) is 240 cm³/mol. The first-order valence-corrected chi connectivity index (χ1v) is 20.7. The van der Waals surface area contributed by atoms with E-state index >= 15 is 0 Å². The molecule has 0 N–H and O–H groups in total. The fourth-order valence-corrected chi connectivity index (χ4v) is 10.4. The summed E-state index contributed by atoms with van der Waals surface area (Å²) in [6.07, 6.45) is 8.83. The zero-order chi connectivity index (χ0) is 38.6. The maximum absolute atomic E-state index is 5.30. The Bertz CT molecular complexity index is 3140. The van der Waals surface area contributed by atoms with Crippen molar-refractivity contribution >= 4 is 33.3 Å². The first-order valence-electron chi connectivity index (χ1n) is 19.9. The van der Waals surface area contributed by atoms with E-state index in [0.29, 0.717) is 18.1 Å². The standard InChI is InChI=1S/C54H37N3S/c1-2-3-4-5-25-50-55-52(37-29-26-36(27-30-37)41-31-28-35-15-6-7-16-38(35)32-41)57-53(56-50)43-20-14-23-47-51(43)58-49-24-13-12-22-46(49)54(47)45-21-11-10-19-42(45)44-33-39-17-8-9-18-40(39)34-48(44)54/h2-24,26-34H,25H2,1H3/b3-2-,5-4-. The lowest BCUT2D eigenvalue weighted by Gasteiger charge is -2.40. The molecule has 0 amide bonds. The first kappa shape index (κ1) is 34.4. The van der Waals surface area contributed by atoms with Crippen molar-refractivity contribution < 1.29 is 0 Å². The second-order valence-electron chi connectivity index (χ2n) is 15.0. The van der Waals surface area contributed by atoms with E-state index in [2.05, 4.69) is 182 Å². The van der Waals surface area contributed by atoms with Crippen LogP contribution in [0.25, 0.3) is 66.6 Å². The van der Waals surface area contributed by atoms with Crippen LogP contribution in [0.2, 0.25) is 0 Å². The summed E-state index contributed by atoms with van der Waals surface area (Å²) >= 11 is 1.83. The van der Waals surface area contributed by atoms with E-state index in [9.17, 15) is 0 Å². The molecule has 1 aromatic heterocycles. The summed E-state index contributed by atoms with van der Waals surface area (Å²) in [5, 5.41) is 4.96. The van der Waals surface area contributed by atoms with Crippen molar-refractivity contribution in [2.75, 3.05) is 0 Å². The molecule has 0 radical (unpaired) electrons. The minimum Gasteiger partial charge on any atom is -0.213 e. The van der Waals surface area contributed by atoms with Crippen LogP contribution in [0.15, 0.2) is 204 Å². The molecule has 8 aromatic carbocycles. The highest BCUT2D eigenvalue weighted by atomic mass is 32.2. The van der Waals surface area contributed by atoms with Crippen LogP contribution in [0.1, 0.15) is 35.0 Å². The lowest BCUT2D eigenvalue weighted by Crippen LogP contribution is -2.32. The Balaban J connectivity index is 1.10. The molecule has 1 unspecified atom stereocenters. The van der Waals surface area contributed by atoms with E-state index in [1.54, 1.807) is 0 Å². The summed E-state index contributed by atoms with van der Waals surface area (Å²) in [5.74, 6) is 2.08. The quantitative estimate of drug-likeness (QED) is 0.158. The fraction of sp³-hybridized carbons (Fsp3) is 0.0556. The number of rotatable bonds is 6. The van der Waals surface area contributed by atoms with E-state index in [4.69, 9.17) is 15.0 Å². The molecule has 9 aromatic rings. The Labute approximate surface area is 342 Å². The van der Waals surface area contributed by atoms with Gasteiger partial charge in [0.05, 0.1) is 5.41 Å². The van der Waals surface area contributed by atoms with Crippen molar-refractivity contribution in [1.82, 2.24) is 15.0 Å². The van der Waals surface area contributed by atoms with Gasteiger partial charge in [-0.3, -0.25) is 0 Å². The molecule has 0 saturated carbocycles. The van der Waals surface area contributed by atoms with Gasteiger partial charge in [-0.05, 0) is 97.2 Å². The van der Waals surface area contributed by atoms with Crippen molar-refractivity contribution in [3.8, 4) is 45.0 Å². The SMILES string of the molecule is C/C=C\C=C/Cc1nc(-c2ccc(-c3ccc4ccccc4c3)cc2)nc(-c2cccc3c2Sc2ccccc2C32c3ccccc3-c3cc4ccccc4cc32)n1. The predicted octanol–water partition coefficient (Wildman–Crippen LogP) is 13.7. The van der Waals surface area contributed by atoms with Gasteiger partial charge in [0.15, 0.2) is 11.6 Å². The third-order valence-corrected chi connectivity index (χ3v) is 12.9. The molecule has 1 aliphatic heterocycles. The number of nitrogens with zero attached hydrogens (tertiary/aromatic N) is 3. The smallest absolute Gasteiger partial charge is 0.164 e. The summed E-state index contributed by atoms with van der Waals surface area (Å²) in [6, 6.07) is 62.0. The molecule has 0 saturated heterocycles. The fourth-order valence-electron chi connectivity index (χ4n) is 9.09. The second-order valence-corrected chi connectivity index (χ2v) is 16.1. The Hall–Kier alpha value is -6.88. The molecule has 0 fully saturated rings. The van der Waals surface area contributed by atoms with Crippen LogP contribution < -0.4 is 0 Å². The Morgan fingerprint density at radius 3 is 1.93 bits per heavy atom. The van der Waals surface area contributed by atoms with Gasteiger partial charge in [-0.25, -0.2) is 15.0 Å². The summed E-state index contributed by atoms with van der Waals surface area (Å²) in [7, 11) is 0. The first-order chi connectivity index (χ1) is 28.7. The Kier molecular flexibility index (Phi) is 8.27. The largest absolute Gasteiger partial charge is 0.213 e. The van der Waals surface area contributed by atoms with Crippen LogP contribution in [0.3, 0.4) is 0 Å². The molecule has 58 heavy (non-hydrogen) atoms. The monoisotopic (exact) mass is 759 g/mol. The minimum absolute atomic E-state index is 0.518. The van der Waals surface area contributed by atoms with Crippen molar-refractivity contribution in [2.45, 2.75) is 28.6 Å². The van der Waals surface area contributed by atoms with Crippen molar-refractivity contribution in [1.29, 1.82) is 0 Å². The van der Waals surface area contributed by atoms with Gasteiger partial charge < -0.3 is 0 Å². The summed E-state index contributed by atoms with van der Waals surface area (Å²) in [4.78, 5) is 18.0. The van der Waals surface area contributed by atoms with Crippen LogP contribution in [-0.4, -0.2) is 15.0 Å². The summed E-state index contributed by atoms with van der Waals surface area (Å²) in [6.45, 7) is 2.02. The summed E-state index contributed by atoms with van der Waals surface area (Å²) < 4.78 is 0. The van der Waals surface area contributed by atoms with Crippen LogP contribution in [0.4, 0.5) is 0 Å². The van der Waals surface area contributed by atoms with Crippen molar-refractivity contribution in [2.24, 2.45) is 0 Å². The number of hydrogen-bond acceptors (Lipinski definition) is 4. The number of fused-ring (bicyclic) bond motifs is 11. The van der Waals surface area contributed by atoms with Gasteiger partial charge in [0, 0.05) is 27.3 Å². The van der Waals surface area contributed by atoms with E-state index in [1.165, 1.54) is 70.3 Å². The average Bonchev–Trinajstić information content (AvgIpc) is 3.56. The van der Waals surface area contributed by atoms with E-state index in [0.717, 1.165) is 22.5 Å². The zero-order valence-electron chi connectivity index (χ0n) is 31.9. The molecule has 11 rings (SSSR count). The number of aromatic nitrogens is 3. The highest BCUT2D eigenvalue weighted by molar-refractivity contribution is 7.99. The van der Waals surface area contributed by atoms with E-state index < -0.39 is 5.41 Å².